The van der Waals surface area contributed by atoms with Crippen molar-refractivity contribution in [3.63, 3.8) is 0 Å². The summed E-state index contributed by atoms with van der Waals surface area (Å²) in [6.45, 7) is 3.89. The number of aryl methyl sites for hydroxylation is 2. The van der Waals surface area contributed by atoms with Gasteiger partial charge in [-0.2, -0.15) is 0 Å². The normalized spacial score (nSPS) is 15.8. The third kappa shape index (κ3) is 7.53. The summed E-state index contributed by atoms with van der Waals surface area (Å²) < 4.78 is 5.34. The maximum absolute atomic E-state index is 13.4. The molecule has 3 amide bonds. The lowest BCUT2D eigenvalue weighted by Gasteiger charge is -2.35. The van der Waals surface area contributed by atoms with Crippen molar-refractivity contribution in [2.45, 2.75) is 39.2 Å². The van der Waals surface area contributed by atoms with E-state index < -0.39 is 29.7 Å². The Morgan fingerprint density at radius 1 is 1.11 bits per heavy atom. The van der Waals surface area contributed by atoms with Gasteiger partial charge in [0.2, 0.25) is 11.8 Å². The summed E-state index contributed by atoms with van der Waals surface area (Å²) in [7, 11) is 0. The fourth-order valence-electron chi connectivity index (χ4n) is 3.88. The Kier molecular flexibility index (Phi) is 9.17. The first-order valence-corrected chi connectivity index (χ1v) is 11.7. The SMILES string of the molecule is CC(=O)NC(=Cc1ccccc1C)C(=O)N1CCNC(=O)C1CC(=O)OCCCc1ccccc1. The Morgan fingerprint density at radius 3 is 2.54 bits per heavy atom. The standard InChI is InChI=1S/C27H31N3O5/c1-19-9-6-7-13-22(19)17-23(29-20(2)31)27(34)30-15-14-28-26(33)24(30)18-25(32)35-16-8-12-21-10-4-3-5-11-21/h3-7,9-11,13,17,24H,8,12,14-16,18H2,1-2H3,(H,28,33)(H,29,31). The first-order valence-electron chi connectivity index (χ1n) is 11.7. The average molecular weight is 478 g/mol. The van der Waals surface area contributed by atoms with Crippen LogP contribution in [0, 0.1) is 6.92 Å². The van der Waals surface area contributed by atoms with Gasteiger partial charge in [0.25, 0.3) is 5.91 Å². The van der Waals surface area contributed by atoms with Gasteiger partial charge < -0.3 is 20.3 Å². The van der Waals surface area contributed by atoms with E-state index in [2.05, 4.69) is 10.6 Å². The number of hydrogen-bond acceptors (Lipinski definition) is 5. The Hall–Kier alpha value is -3.94. The van der Waals surface area contributed by atoms with Crippen molar-refractivity contribution in [1.29, 1.82) is 0 Å². The second kappa shape index (κ2) is 12.5. The van der Waals surface area contributed by atoms with Crippen molar-refractivity contribution in [1.82, 2.24) is 15.5 Å². The number of piperazine rings is 1. The Labute approximate surface area is 205 Å². The highest BCUT2D eigenvalue weighted by Gasteiger charge is 2.36. The van der Waals surface area contributed by atoms with E-state index in [1.807, 2.05) is 61.5 Å². The molecule has 8 heteroatoms. The predicted molar refractivity (Wildman–Crippen MR) is 132 cm³/mol. The first-order chi connectivity index (χ1) is 16.8. The summed E-state index contributed by atoms with van der Waals surface area (Å²) in [5.41, 5.74) is 2.89. The van der Waals surface area contributed by atoms with Gasteiger partial charge >= 0.3 is 5.97 Å². The number of rotatable bonds is 9. The molecule has 1 aliphatic rings. The molecule has 1 atom stereocenters. The highest BCUT2D eigenvalue weighted by Crippen LogP contribution is 2.17. The third-order valence-corrected chi connectivity index (χ3v) is 5.70. The van der Waals surface area contributed by atoms with Crippen LogP contribution in [0.4, 0.5) is 0 Å². The maximum atomic E-state index is 13.4. The zero-order valence-electron chi connectivity index (χ0n) is 20.1. The predicted octanol–water partition coefficient (Wildman–Crippen LogP) is 2.37. The third-order valence-electron chi connectivity index (χ3n) is 5.70. The van der Waals surface area contributed by atoms with E-state index in [-0.39, 0.29) is 31.8 Å². The lowest BCUT2D eigenvalue weighted by atomic mass is 10.1. The van der Waals surface area contributed by atoms with Gasteiger partial charge in [-0.15, -0.1) is 0 Å². The Balaban J connectivity index is 1.67. The van der Waals surface area contributed by atoms with Crippen LogP contribution in [0.2, 0.25) is 0 Å². The molecule has 35 heavy (non-hydrogen) atoms. The molecule has 184 valence electrons. The number of ether oxygens (including phenoxy) is 1. The summed E-state index contributed by atoms with van der Waals surface area (Å²) in [5.74, 6) is -1.92. The minimum atomic E-state index is -1.02. The molecule has 0 aromatic heterocycles. The highest BCUT2D eigenvalue weighted by molar-refractivity contribution is 6.03. The smallest absolute Gasteiger partial charge is 0.308 e. The molecule has 0 saturated carbocycles. The number of nitrogens with zero attached hydrogens (tertiary/aromatic N) is 1. The minimum absolute atomic E-state index is 0.0442. The van der Waals surface area contributed by atoms with Gasteiger partial charge in [0.05, 0.1) is 13.0 Å². The molecule has 1 unspecified atom stereocenters. The number of carbonyl (C=O) groups is 4. The monoisotopic (exact) mass is 477 g/mol. The number of hydrogen-bond donors (Lipinski definition) is 2. The van der Waals surface area contributed by atoms with Crippen LogP contribution in [0.5, 0.6) is 0 Å². The summed E-state index contributed by atoms with van der Waals surface area (Å²) in [5, 5.41) is 5.28. The maximum Gasteiger partial charge on any atom is 0.308 e. The van der Waals surface area contributed by atoms with E-state index >= 15 is 0 Å². The molecule has 0 spiro atoms. The molecule has 0 radical (unpaired) electrons. The molecule has 2 aromatic rings. The van der Waals surface area contributed by atoms with Crippen molar-refractivity contribution in [2.24, 2.45) is 0 Å². The van der Waals surface area contributed by atoms with Crippen LogP contribution in [0.3, 0.4) is 0 Å². The van der Waals surface area contributed by atoms with Crippen LogP contribution in [-0.2, 0) is 30.3 Å². The quantitative estimate of drug-likeness (QED) is 0.328. The van der Waals surface area contributed by atoms with Gasteiger partial charge in [0.1, 0.15) is 11.7 Å². The highest BCUT2D eigenvalue weighted by atomic mass is 16.5. The molecule has 1 heterocycles. The molecule has 2 aromatic carbocycles. The fraction of sp³-hybridized carbons (Fsp3) is 0.333. The van der Waals surface area contributed by atoms with E-state index in [1.165, 1.54) is 11.8 Å². The van der Waals surface area contributed by atoms with E-state index in [0.29, 0.717) is 6.42 Å². The molecule has 0 aliphatic carbocycles. The Morgan fingerprint density at radius 2 is 1.83 bits per heavy atom. The molecule has 1 aliphatic heterocycles. The van der Waals surface area contributed by atoms with Crippen molar-refractivity contribution >= 4 is 29.8 Å². The molecule has 8 nitrogen and oxygen atoms in total. The average Bonchev–Trinajstić information content (AvgIpc) is 2.84. The molecular formula is C27H31N3O5. The Bertz CT molecular complexity index is 1100. The summed E-state index contributed by atoms with van der Waals surface area (Å²) >= 11 is 0. The number of amides is 3. The number of esters is 1. The van der Waals surface area contributed by atoms with E-state index in [4.69, 9.17) is 4.74 Å². The second-order valence-electron chi connectivity index (χ2n) is 8.41. The van der Waals surface area contributed by atoms with Crippen LogP contribution >= 0.6 is 0 Å². The van der Waals surface area contributed by atoms with Crippen molar-refractivity contribution in [3.8, 4) is 0 Å². The van der Waals surface area contributed by atoms with Crippen molar-refractivity contribution in [3.05, 3.63) is 77.0 Å². The second-order valence-corrected chi connectivity index (χ2v) is 8.41. The molecular weight excluding hydrogens is 446 g/mol. The van der Waals surface area contributed by atoms with Crippen LogP contribution < -0.4 is 10.6 Å². The van der Waals surface area contributed by atoms with Gasteiger partial charge in [-0.1, -0.05) is 54.6 Å². The van der Waals surface area contributed by atoms with E-state index in [0.717, 1.165) is 23.1 Å². The lowest BCUT2D eigenvalue weighted by molar-refractivity contribution is -0.151. The topological polar surface area (TPSA) is 105 Å². The molecule has 2 N–H and O–H groups in total. The summed E-state index contributed by atoms with van der Waals surface area (Å²) in [4.78, 5) is 51.6. The zero-order chi connectivity index (χ0) is 25.2. The lowest BCUT2D eigenvalue weighted by Crippen LogP contribution is -2.58. The van der Waals surface area contributed by atoms with Gasteiger partial charge in [0, 0.05) is 20.0 Å². The van der Waals surface area contributed by atoms with Crippen LogP contribution in [0.1, 0.15) is 36.5 Å². The minimum Gasteiger partial charge on any atom is -0.466 e. The molecule has 0 bridgehead atoms. The van der Waals surface area contributed by atoms with Gasteiger partial charge in [-0.25, -0.2) is 0 Å². The van der Waals surface area contributed by atoms with Crippen LogP contribution in [0.25, 0.3) is 6.08 Å². The fourth-order valence-corrected chi connectivity index (χ4v) is 3.88. The van der Waals surface area contributed by atoms with Crippen molar-refractivity contribution < 1.29 is 23.9 Å². The largest absolute Gasteiger partial charge is 0.466 e. The van der Waals surface area contributed by atoms with Crippen LogP contribution in [-0.4, -0.2) is 54.3 Å². The molecule has 3 rings (SSSR count). The summed E-state index contributed by atoms with van der Waals surface area (Å²) in [6.07, 6.45) is 2.75. The number of carbonyl (C=O) groups excluding carboxylic acids is 4. The van der Waals surface area contributed by atoms with Crippen LogP contribution in [0.15, 0.2) is 60.3 Å². The van der Waals surface area contributed by atoms with Gasteiger partial charge in [0.15, 0.2) is 0 Å². The first kappa shape index (κ1) is 25.7. The molecule has 1 fully saturated rings. The number of benzene rings is 2. The zero-order valence-corrected chi connectivity index (χ0v) is 20.1. The van der Waals surface area contributed by atoms with Gasteiger partial charge in [-0.05, 0) is 42.5 Å². The van der Waals surface area contributed by atoms with Gasteiger partial charge in [-0.3, -0.25) is 19.2 Å². The van der Waals surface area contributed by atoms with Crippen molar-refractivity contribution in [2.75, 3.05) is 19.7 Å². The summed E-state index contributed by atoms with van der Waals surface area (Å²) in [6, 6.07) is 16.3. The molecule has 1 saturated heterocycles. The number of nitrogens with one attached hydrogen (secondary N) is 2. The van der Waals surface area contributed by atoms with E-state index in [9.17, 15) is 19.2 Å². The van der Waals surface area contributed by atoms with E-state index in [1.54, 1.807) is 6.08 Å².